The minimum Gasteiger partial charge on any atom is -0.312 e. The van der Waals surface area contributed by atoms with Gasteiger partial charge in [-0.15, -0.1) is 0 Å². The summed E-state index contributed by atoms with van der Waals surface area (Å²) in [4.78, 5) is 28.6. The van der Waals surface area contributed by atoms with E-state index < -0.39 is 23.1 Å². The largest absolute Gasteiger partial charge is 0.312 e. The average molecular weight is 351 g/mol. The number of benzene rings is 1. The highest BCUT2D eigenvalue weighted by molar-refractivity contribution is 7.99. The van der Waals surface area contributed by atoms with Crippen LogP contribution in [0.2, 0.25) is 0 Å². The summed E-state index contributed by atoms with van der Waals surface area (Å²) in [5.41, 5.74) is -0.168. The average Bonchev–Trinajstić information content (AvgIpc) is 2.51. The second-order valence-electron chi connectivity index (χ2n) is 5.42. The SMILES string of the molecule is CCSc1nc(=O)c2c(n1C)NC(=O)C[C@H]2c1ccc(F)cc1F. The van der Waals surface area contributed by atoms with Crippen LogP contribution in [-0.4, -0.2) is 21.2 Å². The van der Waals surface area contributed by atoms with Crippen molar-refractivity contribution in [2.75, 3.05) is 11.1 Å². The van der Waals surface area contributed by atoms with Gasteiger partial charge in [-0.2, -0.15) is 4.98 Å². The monoisotopic (exact) mass is 351 g/mol. The highest BCUT2D eigenvalue weighted by Gasteiger charge is 2.33. The van der Waals surface area contributed by atoms with Gasteiger partial charge in [0.15, 0.2) is 5.16 Å². The van der Waals surface area contributed by atoms with Crippen LogP contribution >= 0.6 is 11.8 Å². The first kappa shape index (κ1) is 16.6. The van der Waals surface area contributed by atoms with E-state index in [1.54, 1.807) is 11.6 Å². The van der Waals surface area contributed by atoms with Crippen molar-refractivity contribution in [2.24, 2.45) is 7.05 Å². The van der Waals surface area contributed by atoms with Gasteiger partial charge in [-0.25, -0.2) is 8.78 Å². The molecule has 0 spiro atoms. The van der Waals surface area contributed by atoms with Crippen molar-refractivity contribution < 1.29 is 13.6 Å². The zero-order chi connectivity index (χ0) is 17.4. The lowest BCUT2D eigenvalue weighted by molar-refractivity contribution is -0.116. The maximum absolute atomic E-state index is 14.2. The molecule has 24 heavy (non-hydrogen) atoms. The van der Waals surface area contributed by atoms with E-state index in [0.29, 0.717) is 16.7 Å². The summed E-state index contributed by atoms with van der Waals surface area (Å²) in [5, 5.41) is 3.15. The quantitative estimate of drug-likeness (QED) is 0.682. The minimum atomic E-state index is -0.791. The second kappa shape index (κ2) is 6.35. The predicted octanol–water partition coefficient (Wildman–Crippen LogP) is 2.64. The first-order valence-corrected chi connectivity index (χ1v) is 8.39. The molecule has 0 saturated carbocycles. The molecule has 1 N–H and O–H groups in total. The molecule has 5 nitrogen and oxygen atoms in total. The number of halogens is 2. The lowest BCUT2D eigenvalue weighted by Crippen LogP contribution is -2.33. The summed E-state index contributed by atoms with van der Waals surface area (Å²) in [6.45, 7) is 1.92. The number of amides is 1. The number of carbonyl (C=O) groups excluding carboxylic acids is 1. The molecule has 1 atom stereocenters. The number of hydrogen-bond donors (Lipinski definition) is 1. The third kappa shape index (κ3) is 2.82. The van der Waals surface area contributed by atoms with Gasteiger partial charge in [0, 0.05) is 25.5 Å². The molecule has 0 radical (unpaired) electrons. The van der Waals surface area contributed by atoms with Crippen LogP contribution in [0.1, 0.15) is 30.4 Å². The lowest BCUT2D eigenvalue weighted by Gasteiger charge is -2.27. The number of rotatable bonds is 3. The van der Waals surface area contributed by atoms with Gasteiger partial charge in [0.2, 0.25) is 5.91 Å². The molecule has 0 fully saturated rings. The first-order valence-electron chi connectivity index (χ1n) is 7.40. The molecule has 1 amide bonds. The Morgan fingerprint density at radius 3 is 2.79 bits per heavy atom. The topological polar surface area (TPSA) is 64.0 Å². The lowest BCUT2D eigenvalue weighted by atomic mass is 9.86. The molecule has 0 unspecified atom stereocenters. The van der Waals surface area contributed by atoms with Crippen LogP contribution in [-0.2, 0) is 11.8 Å². The standard InChI is InChI=1S/C16H15F2N3O2S/c1-3-24-16-20-15(23)13-10(7-12(22)19-14(13)21(16)2)9-5-4-8(17)6-11(9)18/h4-6,10H,3,7H2,1-2H3,(H,19,22)/t10-/m0/s1. The first-order chi connectivity index (χ1) is 11.4. The van der Waals surface area contributed by atoms with Gasteiger partial charge in [0.1, 0.15) is 17.5 Å². The van der Waals surface area contributed by atoms with E-state index in [-0.39, 0.29) is 23.5 Å². The van der Waals surface area contributed by atoms with Gasteiger partial charge in [0.05, 0.1) is 5.56 Å². The Morgan fingerprint density at radius 2 is 2.12 bits per heavy atom. The molecule has 8 heteroatoms. The van der Waals surface area contributed by atoms with Crippen LogP contribution in [0.15, 0.2) is 28.2 Å². The highest BCUT2D eigenvalue weighted by Crippen LogP contribution is 2.36. The third-order valence-electron chi connectivity index (χ3n) is 3.91. The Kier molecular flexibility index (Phi) is 4.40. The van der Waals surface area contributed by atoms with Gasteiger partial charge in [-0.3, -0.25) is 9.59 Å². The van der Waals surface area contributed by atoms with E-state index in [0.717, 1.165) is 12.1 Å². The summed E-state index contributed by atoms with van der Waals surface area (Å²) < 4.78 is 29.0. The van der Waals surface area contributed by atoms with Crippen LogP contribution in [0, 0.1) is 11.6 Å². The molecule has 0 saturated heterocycles. The van der Waals surface area contributed by atoms with E-state index in [1.165, 1.54) is 17.8 Å². The Balaban J connectivity index is 2.22. The molecule has 3 rings (SSSR count). The second-order valence-corrected chi connectivity index (χ2v) is 6.66. The molecule has 2 heterocycles. The fourth-order valence-electron chi connectivity index (χ4n) is 2.84. The van der Waals surface area contributed by atoms with Crippen molar-refractivity contribution in [2.45, 2.75) is 24.4 Å². The molecule has 0 bridgehead atoms. The Bertz CT molecular complexity index is 882. The molecule has 1 aromatic heterocycles. The van der Waals surface area contributed by atoms with Crippen LogP contribution in [0.4, 0.5) is 14.6 Å². The predicted molar refractivity (Wildman–Crippen MR) is 87.3 cm³/mol. The van der Waals surface area contributed by atoms with E-state index >= 15 is 0 Å². The van der Waals surface area contributed by atoms with Gasteiger partial charge >= 0.3 is 0 Å². The summed E-state index contributed by atoms with van der Waals surface area (Å²) in [6.07, 6.45) is -0.0905. The van der Waals surface area contributed by atoms with Crippen LogP contribution in [0.5, 0.6) is 0 Å². The summed E-state index contributed by atoms with van der Waals surface area (Å²) in [5.74, 6) is -1.59. The molecule has 1 aromatic carbocycles. The van der Waals surface area contributed by atoms with Crippen molar-refractivity contribution >= 4 is 23.5 Å². The van der Waals surface area contributed by atoms with Crippen LogP contribution in [0.25, 0.3) is 0 Å². The van der Waals surface area contributed by atoms with Gasteiger partial charge in [-0.1, -0.05) is 24.8 Å². The summed E-state index contributed by atoms with van der Waals surface area (Å²) in [7, 11) is 1.69. The fraction of sp³-hybridized carbons (Fsp3) is 0.312. The number of nitrogens with one attached hydrogen (secondary N) is 1. The normalized spacial score (nSPS) is 16.7. The Morgan fingerprint density at radius 1 is 1.38 bits per heavy atom. The zero-order valence-corrected chi connectivity index (χ0v) is 13.9. The number of aromatic nitrogens is 2. The van der Waals surface area contributed by atoms with E-state index in [1.807, 2.05) is 6.92 Å². The maximum Gasteiger partial charge on any atom is 0.279 e. The number of carbonyl (C=O) groups is 1. The van der Waals surface area contributed by atoms with Crippen molar-refractivity contribution in [3.63, 3.8) is 0 Å². The number of anilines is 1. The molecular formula is C16H15F2N3O2S. The van der Waals surface area contributed by atoms with Crippen molar-refractivity contribution in [3.8, 4) is 0 Å². The number of hydrogen-bond acceptors (Lipinski definition) is 4. The molecule has 1 aliphatic rings. The van der Waals surface area contributed by atoms with E-state index in [4.69, 9.17) is 0 Å². The molecule has 2 aromatic rings. The molecule has 126 valence electrons. The van der Waals surface area contributed by atoms with E-state index in [9.17, 15) is 18.4 Å². The minimum absolute atomic E-state index is 0.0905. The zero-order valence-electron chi connectivity index (χ0n) is 13.1. The fourth-order valence-corrected chi connectivity index (χ4v) is 3.53. The summed E-state index contributed by atoms with van der Waals surface area (Å²) in [6, 6.07) is 3.14. The summed E-state index contributed by atoms with van der Waals surface area (Å²) >= 11 is 1.37. The molecular weight excluding hydrogens is 336 g/mol. The Labute approximate surface area is 141 Å². The van der Waals surface area contributed by atoms with Crippen molar-refractivity contribution in [3.05, 3.63) is 51.3 Å². The number of thioether (sulfide) groups is 1. The Hall–Kier alpha value is -2.22. The third-order valence-corrected chi connectivity index (χ3v) is 4.82. The molecule has 0 aliphatic carbocycles. The van der Waals surface area contributed by atoms with Gasteiger partial charge in [-0.05, 0) is 17.4 Å². The van der Waals surface area contributed by atoms with Crippen LogP contribution < -0.4 is 10.9 Å². The molecule has 1 aliphatic heterocycles. The maximum atomic E-state index is 14.2. The van der Waals surface area contributed by atoms with Crippen LogP contribution in [0.3, 0.4) is 0 Å². The number of nitrogens with zero attached hydrogens (tertiary/aromatic N) is 2. The number of fused-ring (bicyclic) bond motifs is 1. The van der Waals surface area contributed by atoms with Crippen molar-refractivity contribution in [1.82, 2.24) is 9.55 Å². The van der Waals surface area contributed by atoms with E-state index in [2.05, 4.69) is 10.3 Å². The van der Waals surface area contributed by atoms with Crippen molar-refractivity contribution in [1.29, 1.82) is 0 Å². The van der Waals surface area contributed by atoms with Gasteiger partial charge < -0.3 is 9.88 Å². The van der Waals surface area contributed by atoms with Gasteiger partial charge in [0.25, 0.3) is 5.56 Å². The smallest absolute Gasteiger partial charge is 0.279 e. The highest BCUT2D eigenvalue weighted by atomic mass is 32.2.